The van der Waals surface area contributed by atoms with Crippen LogP contribution in [0.5, 0.6) is 5.75 Å². The highest BCUT2D eigenvalue weighted by atomic mass is 35.5. The first-order valence-corrected chi connectivity index (χ1v) is 7.71. The number of hydrogen-bond donors (Lipinski definition) is 0. The molecule has 0 fully saturated rings. The smallest absolute Gasteiger partial charge is 0.139 e. The van der Waals surface area contributed by atoms with Gasteiger partial charge in [-0.15, -0.1) is 11.6 Å². The summed E-state index contributed by atoms with van der Waals surface area (Å²) in [7, 11) is 0. The highest BCUT2D eigenvalue weighted by molar-refractivity contribution is 6.36. The van der Waals surface area contributed by atoms with E-state index in [-0.39, 0.29) is 5.02 Å². The third kappa shape index (κ3) is 3.75. The van der Waals surface area contributed by atoms with Gasteiger partial charge in [0.05, 0.1) is 17.0 Å². The van der Waals surface area contributed by atoms with Gasteiger partial charge in [-0.3, -0.25) is 0 Å². The number of benzene rings is 2. The Hall–Kier alpha value is -0.670. The van der Waals surface area contributed by atoms with Gasteiger partial charge < -0.3 is 4.74 Å². The van der Waals surface area contributed by atoms with Crippen molar-refractivity contribution in [3.63, 3.8) is 0 Å². The van der Waals surface area contributed by atoms with Crippen LogP contribution in [0.4, 0.5) is 4.39 Å². The zero-order valence-corrected chi connectivity index (χ0v) is 14.0. The Morgan fingerprint density at radius 2 is 1.67 bits per heavy atom. The van der Waals surface area contributed by atoms with Crippen LogP contribution in [0.15, 0.2) is 30.3 Å². The summed E-state index contributed by atoms with van der Waals surface area (Å²) in [6.07, 6.45) is 0. The minimum absolute atomic E-state index is 0.232. The second-order valence-corrected chi connectivity index (χ2v) is 5.92. The molecule has 1 nitrogen and oxygen atoms in total. The lowest BCUT2D eigenvalue weighted by Gasteiger charge is -2.16. The standard InChI is InChI=1S/C15H11Cl4FO/c1-2-21-14-7-12(17)10(6-13(14)18)15(19)9-4-3-8(20)5-11(9)16/h3-7,15H,2H2,1H3. The third-order valence-corrected chi connectivity index (χ3v) is 4.28. The molecule has 0 saturated carbocycles. The van der Waals surface area contributed by atoms with Crippen molar-refractivity contribution in [2.45, 2.75) is 12.3 Å². The van der Waals surface area contributed by atoms with E-state index in [0.29, 0.717) is 33.5 Å². The van der Waals surface area contributed by atoms with Crippen LogP contribution in [-0.4, -0.2) is 6.61 Å². The molecule has 112 valence electrons. The molecule has 1 atom stereocenters. The van der Waals surface area contributed by atoms with Crippen LogP contribution < -0.4 is 4.74 Å². The molecule has 0 bridgehead atoms. The van der Waals surface area contributed by atoms with E-state index in [1.165, 1.54) is 18.2 Å². The molecule has 6 heteroatoms. The average molecular weight is 368 g/mol. The van der Waals surface area contributed by atoms with Crippen LogP contribution in [0.1, 0.15) is 23.4 Å². The van der Waals surface area contributed by atoms with Crippen molar-refractivity contribution in [3.8, 4) is 5.75 Å². The maximum atomic E-state index is 13.1. The van der Waals surface area contributed by atoms with Gasteiger partial charge in [0.15, 0.2) is 0 Å². The summed E-state index contributed by atoms with van der Waals surface area (Å²) in [6, 6.07) is 7.26. The number of rotatable bonds is 4. The second kappa shape index (κ2) is 7.06. The summed E-state index contributed by atoms with van der Waals surface area (Å²) in [5.74, 6) is 0.0606. The topological polar surface area (TPSA) is 9.23 Å². The molecular weight excluding hydrogens is 357 g/mol. The Kier molecular flexibility index (Phi) is 5.61. The van der Waals surface area contributed by atoms with Crippen LogP contribution in [0, 0.1) is 5.82 Å². The average Bonchev–Trinajstić information content (AvgIpc) is 2.42. The molecule has 0 aliphatic rings. The van der Waals surface area contributed by atoms with Gasteiger partial charge in [0.1, 0.15) is 11.6 Å². The number of hydrogen-bond acceptors (Lipinski definition) is 1. The molecule has 0 spiro atoms. The zero-order valence-electron chi connectivity index (χ0n) is 11.0. The first-order chi connectivity index (χ1) is 9.93. The minimum atomic E-state index is -0.640. The summed E-state index contributed by atoms with van der Waals surface area (Å²) in [5, 5.41) is 0.401. The number of alkyl halides is 1. The molecule has 0 aliphatic heterocycles. The Balaban J connectivity index is 2.43. The van der Waals surface area contributed by atoms with E-state index in [1.807, 2.05) is 6.92 Å². The predicted molar refractivity (Wildman–Crippen MR) is 86.7 cm³/mol. The molecule has 0 amide bonds. The van der Waals surface area contributed by atoms with Crippen molar-refractivity contribution in [3.05, 3.63) is 62.3 Å². The fourth-order valence-electron chi connectivity index (χ4n) is 1.88. The first-order valence-electron chi connectivity index (χ1n) is 6.14. The summed E-state index contributed by atoms with van der Waals surface area (Å²) in [6.45, 7) is 2.32. The van der Waals surface area contributed by atoms with E-state index in [4.69, 9.17) is 51.1 Å². The van der Waals surface area contributed by atoms with Gasteiger partial charge in [0, 0.05) is 16.1 Å². The first kappa shape index (κ1) is 16.7. The van der Waals surface area contributed by atoms with E-state index in [2.05, 4.69) is 0 Å². The highest BCUT2D eigenvalue weighted by Crippen LogP contribution is 2.41. The maximum absolute atomic E-state index is 13.1. The van der Waals surface area contributed by atoms with Crippen LogP contribution in [0.3, 0.4) is 0 Å². The lowest BCUT2D eigenvalue weighted by molar-refractivity contribution is 0.340. The fraction of sp³-hybridized carbons (Fsp3) is 0.200. The highest BCUT2D eigenvalue weighted by Gasteiger charge is 2.19. The molecule has 0 aromatic heterocycles. The SMILES string of the molecule is CCOc1cc(Cl)c(C(Cl)c2ccc(F)cc2Cl)cc1Cl. The normalized spacial score (nSPS) is 12.3. The molecule has 2 rings (SSSR count). The van der Waals surface area contributed by atoms with Gasteiger partial charge in [0.2, 0.25) is 0 Å². The fourth-order valence-corrected chi connectivity index (χ4v) is 3.13. The largest absolute Gasteiger partial charge is 0.492 e. The van der Waals surface area contributed by atoms with Gasteiger partial charge in [-0.25, -0.2) is 4.39 Å². The van der Waals surface area contributed by atoms with E-state index in [0.717, 1.165) is 0 Å². The summed E-state index contributed by atoms with van der Waals surface area (Å²) >= 11 is 24.8. The van der Waals surface area contributed by atoms with Gasteiger partial charge >= 0.3 is 0 Å². The minimum Gasteiger partial charge on any atom is -0.492 e. The Bertz CT molecular complexity index is 660. The molecule has 0 saturated heterocycles. The van der Waals surface area contributed by atoms with Crippen molar-refractivity contribution in [2.24, 2.45) is 0 Å². The molecular formula is C15H11Cl4FO. The molecule has 21 heavy (non-hydrogen) atoms. The number of halogens is 5. The Morgan fingerprint density at radius 3 is 2.29 bits per heavy atom. The van der Waals surface area contributed by atoms with Crippen LogP contribution in [0.25, 0.3) is 0 Å². The van der Waals surface area contributed by atoms with Crippen LogP contribution in [-0.2, 0) is 0 Å². The van der Waals surface area contributed by atoms with Crippen molar-refractivity contribution >= 4 is 46.4 Å². The molecule has 0 heterocycles. The monoisotopic (exact) mass is 366 g/mol. The Labute approximate surface area is 142 Å². The summed E-state index contributed by atoms with van der Waals surface area (Å²) in [5.41, 5.74) is 1.14. The zero-order chi connectivity index (χ0) is 15.6. The maximum Gasteiger partial charge on any atom is 0.139 e. The third-order valence-electron chi connectivity index (χ3n) is 2.86. The van der Waals surface area contributed by atoms with Gasteiger partial charge in [-0.2, -0.15) is 0 Å². The summed E-state index contributed by atoms with van der Waals surface area (Å²) < 4.78 is 18.5. The van der Waals surface area contributed by atoms with Crippen molar-refractivity contribution in [1.29, 1.82) is 0 Å². The molecule has 0 radical (unpaired) electrons. The lowest BCUT2D eigenvalue weighted by atomic mass is 10.0. The van der Waals surface area contributed by atoms with Crippen molar-refractivity contribution < 1.29 is 9.13 Å². The second-order valence-electron chi connectivity index (χ2n) is 4.27. The number of ether oxygens (including phenoxy) is 1. The molecule has 0 aliphatic carbocycles. The predicted octanol–water partition coefficient (Wildman–Crippen LogP) is 6.51. The van der Waals surface area contributed by atoms with E-state index in [1.54, 1.807) is 12.1 Å². The molecule has 2 aromatic rings. The van der Waals surface area contributed by atoms with Crippen molar-refractivity contribution in [2.75, 3.05) is 6.61 Å². The molecule has 2 aromatic carbocycles. The van der Waals surface area contributed by atoms with Crippen LogP contribution in [0.2, 0.25) is 15.1 Å². The quantitative estimate of drug-likeness (QED) is 0.559. The van der Waals surface area contributed by atoms with Gasteiger partial charge in [-0.1, -0.05) is 40.9 Å². The van der Waals surface area contributed by atoms with Gasteiger partial charge in [-0.05, 0) is 36.2 Å². The van der Waals surface area contributed by atoms with Crippen molar-refractivity contribution in [1.82, 2.24) is 0 Å². The molecule has 1 unspecified atom stereocenters. The van der Waals surface area contributed by atoms with E-state index >= 15 is 0 Å². The van der Waals surface area contributed by atoms with Gasteiger partial charge in [0.25, 0.3) is 0 Å². The molecule has 0 N–H and O–H groups in total. The van der Waals surface area contributed by atoms with E-state index < -0.39 is 11.2 Å². The van der Waals surface area contributed by atoms with E-state index in [9.17, 15) is 4.39 Å². The van der Waals surface area contributed by atoms with Crippen LogP contribution >= 0.6 is 46.4 Å². The Morgan fingerprint density at radius 1 is 1.00 bits per heavy atom. The summed E-state index contributed by atoms with van der Waals surface area (Å²) in [4.78, 5) is 0. The lowest BCUT2D eigenvalue weighted by Crippen LogP contribution is -1.99.